The number of halogens is 2. The Labute approximate surface area is 212 Å². The molecule has 9 heteroatoms. The summed E-state index contributed by atoms with van der Waals surface area (Å²) in [5.41, 5.74) is 1.82. The molecule has 0 aliphatic rings. The van der Waals surface area contributed by atoms with E-state index in [4.69, 9.17) is 23.2 Å². The van der Waals surface area contributed by atoms with E-state index in [1.807, 2.05) is 20.8 Å². The summed E-state index contributed by atoms with van der Waals surface area (Å²) in [6.07, 6.45) is 1.73. The molecule has 2 N–H and O–H groups in total. The maximum Gasteiger partial charge on any atom is 0.305 e. The van der Waals surface area contributed by atoms with E-state index in [0.29, 0.717) is 27.6 Å². The fraction of sp³-hybridized carbons (Fsp3) is 0.320. The zero-order valence-corrected chi connectivity index (χ0v) is 21.4. The van der Waals surface area contributed by atoms with Crippen LogP contribution >= 0.6 is 34.5 Å². The molecule has 0 fully saturated rings. The van der Waals surface area contributed by atoms with Gasteiger partial charge in [0.1, 0.15) is 6.04 Å². The van der Waals surface area contributed by atoms with Crippen LogP contribution in [0.3, 0.4) is 0 Å². The van der Waals surface area contributed by atoms with Gasteiger partial charge in [-0.1, -0.05) is 43.1 Å². The number of hydrogen-bond donors (Lipinski definition) is 2. The van der Waals surface area contributed by atoms with Gasteiger partial charge in [0.15, 0.2) is 0 Å². The average Bonchev–Trinajstić information content (AvgIpc) is 3.21. The second kappa shape index (κ2) is 11.2. The van der Waals surface area contributed by atoms with Crippen LogP contribution in [0.1, 0.15) is 49.9 Å². The number of hydrogen-bond acceptors (Lipinski definition) is 4. The van der Waals surface area contributed by atoms with Gasteiger partial charge < -0.3 is 15.0 Å². The van der Waals surface area contributed by atoms with Gasteiger partial charge in [-0.05, 0) is 60.0 Å². The number of aliphatic carboxylic acids is 1. The molecule has 0 spiro atoms. The van der Waals surface area contributed by atoms with Crippen molar-refractivity contribution < 1.29 is 14.7 Å². The molecule has 2 aromatic heterocycles. The minimum Gasteiger partial charge on any atom is -0.481 e. The highest BCUT2D eigenvalue weighted by molar-refractivity contribution is 7.13. The van der Waals surface area contributed by atoms with Gasteiger partial charge in [-0.3, -0.25) is 14.4 Å². The summed E-state index contributed by atoms with van der Waals surface area (Å²) in [5.74, 6) is -1.33. The van der Waals surface area contributed by atoms with Crippen molar-refractivity contribution in [2.24, 2.45) is 5.92 Å². The number of pyridine rings is 1. The molecule has 6 nitrogen and oxygen atoms in total. The number of rotatable bonds is 9. The van der Waals surface area contributed by atoms with Crippen LogP contribution in [0.25, 0.3) is 10.4 Å². The Morgan fingerprint density at radius 3 is 2.41 bits per heavy atom. The van der Waals surface area contributed by atoms with E-state index >= 15 is 0 Å². The summed E-state index contributed by atoms with van der Waals surface area (Å²) in [5, 5.41) is 15.1. The lowest BCUT2D eigenvalue weighted by Gasteiger charge is -2.24. The van der Waals surface area contributed by atoms with Crippen LogP contribution in [0.4, 0.5) is 0 Å². The van der Waals surface area contributed by atoms with Crippen molar-refractivity contribution in [1.82, 2.24) is 9.88 Å². The largest absolute Gasteiger partial charge is 0.481 e. The number of nitrogens with zero attached hydrogens (tertiary/aromatic N) is 1. The number of carboxylic acids is 1. The Hall–Kier alpha value is -2.61. The van der Waals surface area contributed by atoms with Crippen molar-refractivity contribution >= 4 is 46.4 Å². The third kappa shape index (κ3) is 6.29. The number of aromatic nitrogens is 1. The maximum absolute atomic E-state index is 13.4. The molecule has 3 rings (SSSR count). The van der Waals surface area contributed by atoms with Crippen molar-refractivity contribution in [1.29, 1.82) is 0 Å². The van der Waals surface area contributed by atoms with E-state index in [-0.39, 0.29) is 17.9 Å². The first-order chi connectivity index (χ1) is 16.1. The van der Waals surface area contributed by atoms with Crippen LogP contribution in [-0.4, -0.2) is 21.6 Å². The molecule has 0 unspecified atom stereocenters. The molecule has 34 heavy (non-hydrogen) atoms. The summed E-state index contributed by atoms with van der Waals surface area (Å²) in [7, 11) is 0. The molecule has 180 valence electrons. The summed E-state index contributed by atoms with van der Waals surface area (Å²) in [4.78, 5) is 38.3. The molecule has 0 aliphatic heterocycles. The Morgan fingerprint density at radius 2 is 1.82 bits per heavy atom. The quantitative estimate of drug-likeness (QED) is 0.356. The predicted molar refractivity (Wildman–Crippen MR) is 137 cm³/mol. The highest BCUT2D eigenvalue weighted by Gasteiger charge is 2.27. The number of carbonyl (C=O) groups is 2. The fourth-order valence-corrected chi connectivity index (χ4v) is 5.48. The SMILES string of the molecule is Cc1ccn([C@@H](CC(C)C)C(=O)N[C@@H](CC(=O)O)c2csc(-c3c(Cl)cccc3Cl)c2)c(=O)c1. The van der Waals surface area contributed by atoms with Gasteiger partial charge in [0, 0.05) is 22.7 Å². The van der Waals surface area contributed by atoms with Crippen LogP contribution in [0, 0.1) is 12.8 Å². The van der Waals surface area contributed by atoms with Crippen molar-refractivity contribution in [3.8, 4) is 10.4 Å². The van der Waals surface area contributed by atoms with Crippen molar-refractivity contribution in [2.75, 3.05) is 0 Å². The predicted octanol–water partition coefficient (Wildman–Crippen LogP) is 6.11. The molecule has 0 radical (unpaired) electrons. The normalized spacial score (nSPS) is 13.0. The monoisotopic (exact) mass is 520 g/mol. The van der Waals surface area contributed by atoms with E-state index in [1.54, 1.807) is 41.9 Å². The standard InChI is InChI=1S/C25H26Cl2N2O4S/c1-14(2)9-20(29-8-7-15(3)10-22(29)30)25(33)28-19(12-23(31)32)16-11-21(34-13-16)24-17(26)5-4-6-18(24)27/h4-8,10-11,13-14,19-20H,9,12H2,1-3H3,(H,28,33)(H,31,32)/t19-,20-/m0/s1. The topological polar surface area (TPSA) is 88.4 Å². The third-order valence-electron chi connectivity index (χ3n) is 5.36. The molecule has 1 amide bonds. The van der Waals surface area contributed by atoms with Gasteiger partial charge in [-0.25, -0.2) is 0 Å². The van der Waals surface area contributed by atoms with Gasteiger partial charge in [-0.2, -0.15) is 0 Å². The summed E-state index contributed by atoms with van der Waals surface area (Å²) < 4.78 is 1.41. The van der Waals surface area contributed by atoms with Crippen LogP contribution in [0.15, 0.2) is 52.8 Å². The van der Waals surface area contributed by atoms with E-state index < -0.39 is 24.0 Å². The number of aryl methyl sites for hydroxylation is 1. The maximum atomic E-state index is 13.4. The zero-order chi connectivity index (χ0) is 25.0. The van der Waals surface area contributed by atoms with E-state index in [9.17, 15) is 19.5 Å². The lowest BCUT2D eigenvalue weighted by atomic mass is 10.0. The summed E-state index contributed by atoms with van der Waals surface area (Å²) >= 11 is 14.0. The second-order valence-electron chi connectivity index (χ2n) is 8.59. The zero-order valence-electron chi connectivity index (χ0n) is 19.0. The van der Waals surface area contributed by atoms with Gasteiger partial charge in [0.25, 0.3) is 5.56 Å². The lowest BCUT2D eigenvalue weighted by molar-refractivity contribution is -0.138. The van der Waals surface area contributed by atoms with Crippen LogP contribution < -0.4 is 10.9 Å². The fourth-order valence-electron chi connectivity index (χ4n) is 3.73. The highest BCUT2D eigenvalue weighted by atomic mass is 35.5. The Morgan fingerprint density at radius 1 is 1.15 bits per heavy atom. The number of thiophene rings is 1. The summed E-state index contributed by atoms with van der Waals surface area (Å²) in [6, 6.07) is 8.71. The Balaban J connectivity index is 1.94. The highest BCUT2D eigenvalue weighted by Crippen LogP contribution is 2.39. The average molecular weight is 521 g/mol. The molecule has 1 aromatic carbocycles. The molecule has 0 saturated carbocycles. The van der Waals surface area contributed by atoms with Crippen molar-refractivity contribution in [3.63, 3.8) is 0 Å². The van der Waals surface area contributed by atoms with Gasteiger partial charge in [0.2, 0.25) is 5.91 Å². The first-order valence-corrected chi connectivity index (χ1v) is 12.4. The Bertz CT molecular complexity index is 1230. The lowest BCUT2D eigenvalue weighted by Crippen LogP contribution is -2.40. The number of nitrogens with one attached hydrogen (secondary N) is 1. The molecular weight excluding hydrogens is 495 g/mol. The molecule has 0 aliphatic carbocycles. The van der Waals surface area contributed by atoms with Gasteiger partial charge in [-0.15, -0.1) is 11.3 Å². The molecular formula is C25H26Cl2N2O4S. The molecule has 3 aromatic rings. The first-order valence-electron chi connectivity index (χ1n) is 10.8. The van der Waals surface area contributed by atoms with Crippen LogP contribution in [0.5, 0.6) is 0 Å². The van der Waals surface area contributed by atoms with Crippen molar-refractivity contribution in [2.45, 2.75) is 45.7 Å². The number of carbonyl (C=O) groups excluding carboxylic acids is 1. The van der Waals surface area contributed by atoms with E-state index in [2.05, 4.69) is 5.32 Å². The molecule has 0 saturated heterocycles. The van der Waals surface area contributed by atoms with Gasteiger partial charge >= 0.3 is 5.97 Å². The number of benzene rings is 1. The number of carboxylic acid groups (broad SMARTS) is 1. The Kier molecular flexibility index (Phi) is 8.57. The van der Waals surface area contributed by atoms with E-state index in [0.717, 1.165) is 10.4 Å². The second-order valence-corrected chi connectivity index (χ2v) is 10.3. The molecule has 2 atom stereocenters. The summed E-state index contributed by atoms with van der Waals surface area (Å²) in [6.45, 7) is 5.74. The van der Waals surface area contributed by atoms with Crippen LogP contribution in [-0.2, 0) is 9.59 Å². The minimum absolute atomic E-state index is 0.136. The first kappa shape index (κ1) is 26.0. The molecule has 0 bridgehead atoms. The smallest absolute Gasteiger partial charge is 0.305 e. The molecule has 2 heterocycles. The van der Waals surface area contributed by atoms with Crippen LogP contribution in [0.2, 0.25) is 10.0 Å². The number of amides is 1. The van der Waals surface area contributed by atoms with Gasteiger partial charge in [0.05, 0.1) is 22.5 Å². The van der Waals surface area contributed by atoms with Crippen molar-refractivity contribution in [3.05, 3.63) is 79.5 Å². The third-order valence-corrected chi connectivity index (χ3v) is 6.96. The minimum atomic E-state index is -1.05. The van der Waals surface area contributed by atoms with E-state index in [1.165, 1.54) is 22.0 Å².